The first-order valence-electron chi connectivity index (χ1n) is 13.5. The van der Waals surface area contributed by atoms with Crippen LogP contribution in [0.3, 0.4) is 0 Å². The highest BCUT2D eigenvalue weighted by atomic mass is 35.5. The molecule has 3 aromatic carbocycles. The molecule has 0 fully saturated rings. The molecule has 0 spiro atoms. The molecule has 0 amide bonds. The number of fused-ring (bicyclic) bond motifs is 2. The fourth-order valence-electron chi connectivity index (χ4n) is 5.37. The summed E-state index contributed by atoms with van der Waals surface area (Å²) in [5, 5.41) is 13.5. The lowest BCUT2D eigenvalue weighted by atomic mass is 9.91. The van der Waals surface area contributed by atoms with Crippen molar-refractivity contribution in [3.8, 4) is 17.1 Å². The van der Waals surface area contributed by atoms with E-state index >= 15 is 0 Å². The number of ether oxygens (including phenoxy) is 2. The molecule has 3 heterocycles. The maximum atomic E-state index is 14.1. The zero-order valence-electron chi connectivity index (χ0n) is 23.7. The number of carbonyl (C=O) groups excluding carboxylic acids is 1. The minimum Gasteiger partial charge on any atom is -0.496 e. The van der Waals surface area contributed by atoms with Crippen LogP contribution in [0.1, 0.15) is 31.2 Å². The highest BCUT2D eigenvalue weighted by molar-refractivity contribution is 7.07. The average molecular weight is 630 g/mol. The van der Waals surface area contributed by atoms with Crippen LogP contribution < -0.4 is 19.6 Å². The van der Waals surface area contributed by atoms with Gasteiger partial charge in [0.25, 0.3) is 11.2 Å². The summed E-state index contributed by atoms with van der Waals surface area (Å²) in [7, 11) is 1.59. The van der Waals surface area contributed by atoms with Crippen molar-refractivity contribution in [2.45, 2.75) is 19.9 Å². The molecule has 1 aliphatic rings. The molecule has 10 nitrogen and oxygen atoms in total. The summed E-state index contributed by atoms with van der Waals surface area (Å²) in [4.78, 5) is 43.5. The number of rotatable bonds is 7. The summed E-state index contributed by atoms with van der Waals surface area (Å²) in [5.41, 5.74) is 1.08. The lowest BCUT2D eigenvalue weighted by Gasteiger charge is -2.26. The summed E-state index contributed by atoms with van der Waals surface area (Å²) in [5.74, 6) is 0.649. The number of nitro benzene ring substituents is 1. The van der Waals surface area contributed by atoms with Crippen molar-refractivity contribution < 1.29 is 23.6 Å². The molecule has 0 radical (unpaired) electrons. The number of methoxy groups -OCH3 is 1. The summed E-state index contributed by atoms with van der Waals surface area (Å²) in [6, 6.07) is 18.0. The Balaban J connectivity index is 1.53. The molecule has 222 valence electrons. The van der Waals surface area contributed by atoms with Crippen LogP contribution in [0.4, 0.5) is 5.69 Å². The predicted molar refractivity (Wildman–Crippen MR) is 167 cm³/mol. The number of nitro groups is 1. The van der Waals surface area contributed by atoms with Crippen LogP contribution in [0.5, 0.6) is 5.75 Å². The number of halogens is 1. The summed E-state index contributed by atoms with van der Waals surface area (Å²) < 4.78 is 18.7. The smallest absolute Gasteiger partial charge is 0.338 e. The van der Waals surface area contributed by atoms with E-state index in [1.807, 2.05) is 36.4 Å². The van der Waals surface area contributed by atoms with Crippen molar-refractivity contribution in [3.05, 3.63) is 124 Å². The molecule has 0 saturated heterocycles. The van der Waals surface area contributed by atoms with Gasteiger partial charge in [0.1, 0.15) is 17.3 Å². The van der Waals surface area contributed by atoms with Crippen LogP contribution >= 0.6 is 22.9 Å². The number of nitrogens with zero attached hydrogens (tertiary/aromatic N) is 3. The van der Waals surface area contributed by atoms with Gasteiger partial charge in [0, 0.05) is 22.6 Å². The molecule has 5 aromatic rings. The fourth-order valence-corrected chi connectivity index (χ4v) is 6.56. The summed E-state index contributed by atoms with van der Waals surface area (Å²) in [6.45, 7) is 3.60. The van der Waals surface area contributed by atoms with E-state index in [0.717, 1.165) is 22.1 Å². The van der Waals surface area contributed by atoms with Gasteiger partial charge in [-0.2, -0.15) is 0 Å². The number of carbonyl (C=O) groups is 1. The second kappa shape index (κ2) is 11.6. The molecule has 0 aliphatic carbocycles. The van der Waals surface area contributed by atoms with E-state index in [2.05, 4.69) is 4.99 Å². The van der Waals surface area contributed by atoms with Gasteiger partial charge in [0.05, 0.1) is 46.0 Å². The Kier molecular flexibility index (Phi) is 7.66. The highest BCUT2D eigenvalue weighted by Crippen LogP contribution is 2.38. The number of furan rings is 1. The van der Waals surface area contributed by atoms with E-state index in [9.17, 15) is 19.7 Å². The van der Waals surface area contributed by atoms with E-state index in [4.69, 9.17) is 25.5 Å². The number of esters is 1. The second-order valence-electron chi connectivity index (χ2n) is 9.83. The van der Waals surface area contributed by atoms with Gasteiger partial charge in [-0.3, -0.25) is 19.5 Å². The van der Waals surface area contributed by atoms with E-state index in [-0.39, 0.29) is 39.8 Å². The zero-order valence-corrected chi connectivity index (χ0v) is 25.3. The lowest BCUT2D eigenvalue weighted by molar-refractivity contribution is -0.384. The van der Waals surface area contributed by atoms with E-state index in [1.54, 1.807) is 39.2 Å². The number of aromatic nitrogens is 1. The highest BCUT2D eigenvalue weighted by Gasteiger charge is 2.34. The number of hydrogen-bond donors (Lipinski definition) is 0. The first-order chi connectivity index (χ1) is 21.2. The lowest BCUT2D eigenvalue weighted by Crippen LogP contribution is -2.40. The largest absolute Gasteiger partial charge is 0.496 e. The van der Waals surface area contributed by atoms with Crippen molar-refractivity contribution in [1.82, 2.24) is 4.57 Å². The van der Waals surface area contributed by atoms with E-state index in [1.165, 1.54) is 22.8 Å². The molecule has 0 saturated carbocycles. The predicted octanol–water partition coefficient (Wildman–Crippen LogP) is 5.78. The second-order valence-corrected chi connectivity index (χ2v) is 11.3. The number of hydrogen-bond acceptors (Lipinski definition) is 9. The topological polar surface area (TPSA) is 126 Å². The number of allylic oxidation sites excluding steroid dienone is 1. The van der Waals surface area contributed by atoms with Crippen LogP contribution in [0.25, 0.3) is 28.2 Å². The molecular weight excluding hydrogens is 606 g/mol. The van der Waals surface area contributed by atoms with Gasteiger partial charge in [-0.25, -0.2) is 9.79 Å². The van der Waals surface area contributed by atoms with Crippen LogP contribution in [-0.2, 0) is 9.53 Å². The number of thiazole rings is 1. The summed E-state index contributed by atoms with van der Waals surface area (Å²) in [6.07, 6.45) is 1.56. The van der Waals surface area contributed by atoms with Gasteiger partial charge in [0.2, 0.25) is 0 Å². The Morgan fingerprint density at radius 2 is 1.93 bits per heavy atom. The third-order valence-corrected chi connectivity index (χ3v) is 8.49. The maximum Gasteiger partial charge on any atom is 0.338 e. The van der Waals surface area contributed by atoms with Crippen molar-refractivity contribution in [2.24, 2.45) is 4.99 Å². The minimum atomic E-state index is -0.827. The summed E-state index contributed by atoms with van der Waals surface area (Å²) >= 11 is 7.11. The molecule has 44 heavy (non-hydrogen) atoms. The van der Waals surface area contributed by atoms with E-state index in [0.29, 0.717) is 32.1 Å². The van der Waals surface area contributed by atoms with Crippen LogP contribution in [0.15, 0.2) is 92.2 Å². The third kappa shape index (κ3) is 4.99. The SMILES string of the molecule is CCOC(=O)C1=C(C)N=c2s/c(=C/c3ccc(-c4ccc(Cl)cc4[N+](=O)[O-])o3)c(=O)n2C1c1ccc(OC)c2ccccc12. The van der Waals surface area contributed by atoms with Crippen molar-refractivity contribution in [1.29, 1.82) is 0 Å². The van der Waals surface area contributed by atoms with Crippen molar-refractivity contribution in [3.63, 3.8) is 0 Å². The quantitative estimate of drug-likeness (QED) is 0.127. The molecule has 1 aliphatic heterocycles. The third-order valence-electron chi connectivity index (χ3n) is 7.27. The Bertz CT molecular complexity index is 2200. The van der Waals surface area contributed by atoms with Crippen LogP contribution in [0.2, 0.25) is 5.02 Å². The Hall–Kier alpha value is -5.00. The van der Waals surface area contributed by atoms with Crippen LogP contribution in [0, 0.1) is 10.1 Å². The Morgan fingerprint density at radius 3 is 2.66 bits per heavy atom. The molecule has 1 unspecified atom stereocenters. The Labute approximate surface area is 258 Å². The van der Waals surface area contributed by atoms with Gasteiger partial charge in [-0.15, -0.1) is 0 Å². The first-order valence-corrected chi connectivity index (χ1v) is 14.7. The maximum absolute atomic E-state index is 14.1. The molecule has 0 N–H and O–H groups in total. The van der Waals surface area contributed by atoms with E-state index < -0.39 is 16.9 Å². The molecule has 12 heteroatoms. The minimum absolute atomic E-state index is 0.155. The van der Waals surface area contributed by atoms with Crippen molar-refractivity contribution in [2.75, 3.05) is 13.7 Å². The molecule has 1 atom stereocenters. The zero-order chi connectivity index (χ0) is 31.1. The molecule has 0 bridgehead atoms. The van der Waals surface area contributed by atoms with Crippen LogP contribution in [-0.4, -0.2) is 29.2 Å². The van der Waals surface area contributed by atoms with Gasteiger partial charge in [-0.05, 0) is 55.1 Å². The van der Waals surface area contributed by atoms with Gasteiger partial charge in [-0.1, -0.05) is 53.3 Å². The normalized spacial score (nSPS) is 14.8. The molecular formula is C32H24ClN3O7S. The number of benzene rings is 3. The fraction of sp³-hybridized carbons (Fsp3) is 0.156. The van der Waals surface area contributed by atoms with Gasteiger partial charge >= 0.3 is 5.97 Å². The first kappa shape index (κ1) is 29.1. The van der Waals surface area contributed by atoms with Crippen molar-refractivity contribution >= 4 is 51.4 Å². The van der Waals surface area contributed by atoms with Gasteiger partial charge < -0.3 is 13.9 Å². The average Bonchev–Trinajstić information content (AvgIpc) is 3.59. The Morgan fingerprint density at radius 1 is 1.16 bits per heavy atom. The molecule has 2 aromatic heterocycles. The standard InChI is InChI=1S/C32H24ClN3O7S/c1-4-42-31(38)28-17(2)34-32-35(29(28)22-12-14-25(41-3)21-8-6-5-7-20(21)22)30(37)27(44-32)16-19-10-13-26(43-19)23-11-9-18(33)15-24(23)36(39)40/h5-16,29H,4H2,1-3H3/b27-16+. The molecule has 6 rings (SSSR count). The van der Waals surface area contributed by atoms with Gasteiger partial charge in [0.15, 0.2) is 4.80 Å². The monoisotopic (exact) mass is 629 g/mol.